The molecule has 1 N–H and O–H groups in total. The molecule has 0 saturated carbocycles. The van der Waals surface area contributed by atoms with Crippen LogP contribution in [0.4, 0.5) is 0 Å². The SMILES string of the molecule is CNC(C)c1ccccc1OCc1cc(C)ccc1C. The predicted molar refractivity (Wildman–Crippen MR) is 84.2 cm³/mol. The Morgan fingerprint density at radius 2 is 1.85 bits per heavy atom. The predicted octanol–water partition coefficient (Wildman–Crippen LogP) is 4.16. The summed E-state index contributed by atoms with van der Waals surface area (Å²) in [6.45, 7) is 6.99. The zero-order chi connectivity index (χ0) is 14.5. The summed E-state index contributed by atoms with van der Waals surface area (Å²) in [7, 11) is 1.96. The lowest BCUT2D eigenvalue weighted by Gasteiger charge is -2.17. The molecule has 2 aromatic carbocycles. The van der Waals surface area contributed by atoms with E-state index in [1.807, 2.05) is 25.2 Å². The van der Waals surface area contributed by atoms with Crippen LogP contribution < -0.4 is 10.1 Å². The summed E-state index contributed by atoms with van der Waals surface area (Å²) in [5, 5.41) is 3.26. The van der Waals surface area contributed by atoms with Gasteiger partial charge < -0.3 is 10.1 Å². The molecule has 0 heterocycles. The first kappa shape index (κ1) is 14.6. The van der Waals surface area contributed by atoms with Gasteiger partial charge in [0, 0.05) is 11.6 Å². The largest absolute Gasteiger partial charge is 0.489 e. The van der Waals surface area contributed by atoms with Gasteiger partial charge in [-0.2, -0.15) is 0 Å². The van der Waals surface area contributed by atoms with Gasteiger partial charge in [-0.25, -0.2) is 0 Å². The van der Waals surface area contributed by atoms with Crippen LogP contribution in [0.1, 0.15) is 35.2 Å². The Labute approximate surface area is 121 Å². The van der Waals surface area contributed by atoms with Crippen molar-refractivity contribution in [3.05, 3.63) is 64.7 Å². The monoisotopic (exact) mass is 269 g/mol. The molecular formula is C18H23NO. The van der Waals surface area contributed by atoms with Gasteiger partial charge in [0.2, 0.25) is 0 Å². The van der Waals surface area contributed by atoms with Crippen molar-refractivity contribution in [2.75, 3.05) is 7.05 Å². The Balaban J connectivity index is 2.17. The molecule has 0 spiro atoms. The van der Waals surface area contributed by atoms with Crippen molar-refractivity contribution in [1.82, 2.24) is 5.32 Å². The van der Waals surface area contributed by atoms with Gasteiger partial charge in [-0.3, -0.25) is 0 Å². The third-order valence-corrected chi connectivity index (χ3v) is 3.71. The summed E-state index contributed by atoms with van der Waals surface area (Å²) in [5.41, 5.74) is 4.98. The van der Waals surface area contributed by atoms with Crippen LogP contribution in [0.5, 0.6) is 5.75 Å². The number of hydrogen-bond donors (Lipinski definition) is 1. The lowest BCUT2D eigenvalue weighted by Crippen LogP contribution is -2.13. The quantitative estimate of drug-likeness (QED) is 0.880. The van der Waals surface area contributed by atoms with Gasteiger partial charge in [0.25, 0.3) is 0 Å². The summed E-state index contributed by atoms with van der Waals surface area (Å²) in [5.74, 6) is 0.954. The average Bonchev–Trinajstić information content (AvgIpc) is 2.47. The number of para-hydroxylation sites is 1. The highest BCUT2D eigenvalue weighted by Crippen LogP contribution is 2.25. The van der Waals surface area contributed by atoms with E-state index in [2.05, 4.69) is 50.4 Å². The summed E-state index contributed by atoms with van der Waals surface area (Å²) in [6, 6.07) is 15.0. The normalized spacial score (nSPS) is 12.2. The number of benzene rings is 2. The van der Waals surface area contributed by atoms with E-state index >= 15 is 0 Å². The Hall–Kier alpha value is -1.80. The number of nitrogens with one attached hydrogen (secondary N) is 1. The molecule has 2 rings (SSSR count). The van der Waals surface area contributed by atoms with E-state index in [1.165, 1.54) is 22.3 Å². The van der Waals surface area contributed by atoms with E-state index in [4.69, 9.17) is 4.74 Å². The number of rotatable bonds is 5. The van der Waals surface area contributed by atoms with Crippen molar-refractivity contribution in [1.29, 1.82) is 0 Å². The molecule has 0 fully saturated rings. The zero-order valence-electron chi connectivity index (χ0n) is 12.7. The van der Waals surface area contributed by atoms with Crippen molar-refractivity contribution in [2.24, 2.45) is 0 Å². The molecular weight excluding hydrogens is 246 g/mol. The molecule has 20 heavy (non-hydrogen) atoms. The molecule has 0 saturated heterocycles. The van der Waals surface area contributed by atoms with Crippen LogP contribution in [0.3, 0.4) is 0 Å². The van der Waals surface area contributed by atoms with Crippen LogP contribution in [0.25, 0.3) is 0 Å². The van der Waals surface area contributed by atoms with E-state index in [-0.39, 0.29) is 6.04 Å². The third-order valence-electron chi connectivity index (χ3n) is 3.71. The summed E-state index contributed by atoms with van der Waals surface area (Å²) >= 11 is 0. The first-order valence-electron chi connectivity index (χ1n) is 7.07. The lowest BCUT2D eigenvalue weighted by molar-refractivity contribution is 0.299. The number of hydrogen-bond acceptors (Lipinski definition) is 2. The smallest absolute Gasteiger partial charge is 0.124 e. The van der Waals surface area contributed by atoms with Crippen molar-refractivity contribution in [3.8, 4) is 5.75 Å². The van der Waals surface area contributed by atoms with Gasteiger partial charge in [-0.1, -0.05) is 42.0 Å². The van der Waals surface area contributed by atoms with Gasteiger partial charge in [0.05, 0.1) is 0 Å². The molecule has 106 valence electrons. The van der Waals surface area contributed by atoms with Crippen molar-refractivity contribution in [2.45, 2.75) is 33.4 Å². The molecule has 1 atom stereocenters. The maximum absolute atomic E-state index is 6.04. The van der Waals surface area contributed by atoms with Crippen LogP contribution >= 0.6 is 0 Å². The summed E-state index contributed by atoms with van der Waals surface area (Å²) < 4.78 is 6.04. The van der Waals surface area contributed by atoms with E-state index in [0.29, 0.717) is 6.61 Å². The molecule has 2 aromatic rings. The fraction of sp³-hybridized carbons (Fsp3) is 0.333. The maximum Gasteiger partial charge on any atom is 0.124 e. The minimum absolute atomic E-state index is 0.282. The van der Waals surface area contributed by atoms with Gasteiger partial charge in [0.15, 0.2) is 0 Å². The Morgan fingerprint density at radius 3 is 2.60 bits per heavy atom. The summed E-state index contributed by atoms with van der Waals surface area (Å²) in [6.07, 6.45) is 0. The highest BCUT2D eigenvalue weighted by atomic mass is 16.5. The van der Waals surface area contributed by atoms with Gasteiger partial charge >= 0.3 is 0 Å². The second-order valence-corrected chi connectivity index (χ2v) is 5.27. The van der Waals surface area contributed by atoms with Crippen LogP contribution in [0.15, 0.2) is 42.5 Å². The first-order chi connectivity index (χ1) is 9.61. The molecule has 0 aliphatic rings. The Morgan fingerprint density at radius 1 is 1.10 bits per heavy atom. The first-order valence-corrected chi connectivity index (χ1v) is 7.07. The number of aryl methyl sites for hydroxylation is 2. The second-order valence-electron chi connectivity index (χ2n) is 5.27. The van der Waals surface area contributed by atoms with Crippen molar-refractivity contribution in [3.63, 3.8) is 0 Å². The average molecular weight is 269 g/mol. The molecule has 0 aliphatic carbocycles. The van der Waals surface area contributed by atoms with Crippen LogP contribution in [0, 0.1) is 13.8 Å². The molecule has 0 aromatic heterocycles. The minimum Gasteiger partial charge on any atom is -0.489 e. The van der Waals surface area contributed by atoms with Crippen LogP contribution in [-0.2, 0) is 6.61 Å². The molecule has 2 heteroatoms. The molecule has 0 bridgehead atoms. The topological polar surface area (TPSA) is 21.3 Å². The van der Waals surface area contributed by atoms with Crippen molar-refractivity contribution >= 4 is 0 Å². The molecule has 0 aliphatic heterocycles. The molecule has 0 radical (unpaired) electrons. The van der Waals surface area contributed by atoms with Crippen LogP contribution in [0.2, 0.25) is 0 Å². The van der Waals surface area contributed by atoms with E-state index in [9.17, 15) is 0 Å². The Kier molecular flexibility index (Phi) is 4.80. The minimum atomic E-state index is 0.282. The van der Waals surface area contributed by atoms with E-state index < -0.39 is 0 Å². The van der Waals surface area contributed by atoms with Crippen molar-refractivity contribution < 1.29 is 4.74 Å². The molecule has 2 nitrogen and oxygen atoms in total. The highest BCUT2D eigenvalue weighted by Gasteiger charge is 2.09. The van der Waals surface area contributed by atoms with Gasteiger partial charge in [-0.15, -0.1) is 0 Å². The maximum atomic E-state index is 6.04. The molecule has 0 amide bonds. The van der Waals surface area contributed by atoms with E-state index in [0.717, 1.165) is 5.75 Å². The second kappa shape index (κ2) is 6.58. The summed E-state index contributed by atoms with van der Waals surface area (Å²) in [4.78, 5) is 0. The highest BCUT2D eigenvalue weighted by molar-refractivity contribution is 5.36. The molecule has 1 unspecified atom stereocenters. The zero-order valence-corrected chi connectivity index (χ0v) is 12.7. The lowest BCUT2D eigenvalue weighted by atomic mass is 10.1. The fourth-order valence-electron chi connectivity index (χ4n) is 2.24. The van der Waals surface area contributed by atoms with Gasteiger partial charge in [0.1, 0.15) is 12.4 Å². The fourth-order valence-corrected chi connectivity index (χ4v) is 2.24. The van der Waals surface area contributed by atoms with Crippen LogP contribution in [-0.4, -0.2) is 7.05 Å². The number of ether oxygens (including phenoxy) is 1. The van der Waals surface area contributed by atoms with Gasteiger partial charge in [-0.05, 0) is 45.0 Å². The Bertz CT molecular complexity index is 577. The van der Waals surface area contributed by atoms with E-state index in [1.54, 1.807) is 0 Å². The third kappa shape index (κ3) is 3.40. The standard InChI is InChI=1S/C18H23NO/c1-13-9-10-14(2)16(11-13)12-20-18-8-6-5-7-17(18)15(3)19-4/h5-11,15,19H,12H2,1-4H3.